The third-order valence-corrected chi connectivity index (χ3v) is 0.834. The van der Waals surface area contributed by atoms with Crippen LogP contribution in [-0.2, 0) is 4.84 Å². The van der Waals surface area contributed by atoms with E-state index in [1.54, 1.807) is 12.3 Å². The lowest BCUT2D eigenvalue weighted by Gasteiger charge is -1.93. The molecule has 0 spiro atoms. The minimum Gasteiger partial charge on any atom is -0.254 e. The van der Waals surface area contributed by atoms with Gasteiger partial charge in [-0.05, 0) is 12.1 Å². The summed E-state index contributed by atoms with van der Waals surface area (Å²) in [5.74, 6) is 0.597. The van der Waals surface area contributed by atoms with Crippen LogP contribution in [0.3, 0.4) is 0 Å². The van der Waals surface area contributed by atoms with Crippen LogP contribution >= 0.6 is 0 Å². The molecule has 1 heterocycles. The summed E-state index contributed by atoms with van der Waals surface area (Å²) in [6.45, 7) is 0. The molecule has 1 aromatic rings. The van der Waals surface area contributed by atoms with Crippen molar-refractivity contribution >= 4 is 5.82 Å². The molecule has 0 fully saturated rings. The Kier molecular flexibility index (Phi) is 2.04. The molecule has 0 aromatic carbocycles. The predicted molar refractivity (Wildman–Crippen MR) is 33.0 cm³/mol. The minimum absolute atomic E-state index is 0.597. The van der Waals surface area contributed by atoms with Gasteiger partial charge in [-0.3, -0.25) is 4.84 Å². The van der Waals surface area contributed by atoms with E-state index in [4.69, 9.17) is 0 Å². The van der Waals surface area contributed by atoms with Gasteiger partial charge in [0.2, 0.25) is 0 Å². The van der Waals surface area contributed by atoms with Gasteiger partial charge in [-0.15, -0.1) is 5.48 Å². The Morgan fingerprint density at radius 1 is 1.56 bits per heavy atom. The van der Waals surface area contributed by atoms with Crippen LogP contribution < -0.4 is 5.48 Å². The molecule has 0 aliphatic rings. The van der Waals surface area contributed by atoms with Crippen molar-refractivity contribution in [1.29, 1.82) is 0 Å². The molecule has 0 unspecified atom stereocenters. The SMILES string of the molecule is CO[N]c1ccccn1. The fraction of sp³-hybridized carbons (Fsp3) is 0.167. The third kappa shape index (κ3) is 1.70. The highest BCUT2D eigenvalue weighted by Crippen LogP contribution is 1.97. The van der Waals surface area contributed by atoms with E-state index in [1.807, 2.05) is 12.1 Å². The smallest absolute Gasteiger partial charge is 0.179 e. The van der Waals surface area contributed by atoms with E-state index in [0.717, 1.165) is 0 Å². The van der Waals surface area contributed by atoms with Gasteiger partial charge in [0.05, 0.1) is 7.11 Å². The highest BCUT2D eigenvalue weighted by atomic mass is 16.6. The van der Waals surface area contributed by atoms with Gasteiger partial charge >= 0.3 is 0 Å². The van der Waals surface area contributed by atoms with E-state index >= 15 is 0 Å². The van der Waals surface area contributed by atoms with Crippen LogP contribution in [0.4, 0.5) is 5.82 Å². The van der Waals surface area contributed by atoms with Crippen molar-refractivity contribution in [3.05, 3.63) is 24.4 Å². The number of nitrogens with zero attached hydrogens (tertiary/aromatic N) is 2. The Bertz CT molecular complexity index is 164. The lowest BCUT2D eigenvalue weighted by molar-refractivity contribution is 0.122. The molecule has 0 atom stereocenters. The summed E-state index contributed by atoms with van der Waals surface area (Å²) < 4.78 is 0. The summed E-state index contributed by atoms with van der Waals surface area (Å²) in [6.07, 6.45) is 1.66. The molecule has 9 heavy (non-hydrogen) atoms. The molecule has 3 nitrogen and oxygen atoms in total. The Hall–Kier alpha value is -1.09. The van der Waals surface area contributed by atoms with Crippen LogP contribution in [0.1, 0.15) is 0 Å². The zero-order valence-corrected chi connectivity index (χ0v) is 5.11. The number of rotatable bonds is 2. The topological polar surface area (TPSA) is 36.2 Å². The molecule has 0 bridgehead atoms. The Morgan fingerprint density at radius 3 is 3.00 bits per heavy atom. The second-order valence-corrected chi connectivity index (χ2v) is 1.46. The van der Waals surface area contributed by atoms with Gasteiger partial charge in [0.25, 0.3) is 0 Å². The molecular formula is C6H7N2O. The summed E-state index contributed by atoms with van der Waals surface area (Å²) in [4.78, 5) is 8.37. The molecule has 0 amide bonds. The lowest BCUT2D eigenvalue weighted by atomic mass is 10.5. The molecular weight excluding hydrogens is 116 g/mol. The van der Waals surface area contributed by atoms with E-state index in [2.05, 4.69) is 15.3 Å². The van der Waals surface area contributed by atoms with Crippen LogP contribution in [0, 0.1) is 0 Å². The number of hydrogen-bond acceptors (Lipinski definition) is 2. The summed E-state index contributed by atoms with van der Waals surface area (Å²) in [5, 5.41) is 0. The van der Waals surface area contributed by atoms with Crippen molar-refractivity contribution < 1.29 is 4.84 Å². The molecule has 1 radical (unpaired) electrons. The maximum absolute atomic E-state index is 4.49. The fourth-order valence-electron chi connectivity index (χ4n) is 0.501. The molecule has 0 aliphatic heterocycles. The van der Waals surface area contributed by atoms with Crippen LogP contribution in [0.15, 0.2) is 24.4 Å². The third-order valence-electron chi connectivity index (χ3n) is 0.834. The van der Waals surface area contributed by atoms with Crippen molar-refractivity contribution in [2.24, 2.45) is 0 Å². The van der Waals surface area contributed by atoms with Crippen molar-refractivity contribution in [3.63, 3.8) is 0 Å². The van der Waals surface area contributed by atoms with Gasteiger partial charge in [-0.1, -0.05) is 6.07 Å². The first-order valence-corrected chi connectivity index (χ1v) is 2.58. The maximum Gasteiger partial charge on any atom is 0.179 e. The Balaban J connectivity index is 2.61. The second kappa shape index (κ2) is 3.04. The molecule has 0 aliphatic carbocycles. The van der Waals surface area contributed by atoms with E-state index in [0.29, 0.717) is 5.82 Å². The average molecular weight is 123 g/mol. The molecule has 1 aromatic heterocycles. The highest BCUT2D eigenvalue weighted by molar-refractivity contribution is 5.21. The lowest BCUT2D eigenvalue weighted by Crippen LogP contribution is -1.94. The molecule has 47 valence electrons. The summed E-state index contributed by atoms with van der Waals surface area (Å²) in [6, 6.07) is 5.45. The van der Waals surface area contributed by atoms with Crippen LogP contribution in [0.2, 0.25) is 0 Å². The predicted octanol–water partition coefficient (Wildman–Crippen LogP) is 0.879. The summed E-state index contributed by atoms with van der Waals surface area (Å²) >= 11 is 0. The Morgan fingerprint density at radius 2 is 2.44 bits per heavy atom. The first-order valence-electron chi connectivity index (χ1n) is 2.58. The standard InChI is InChI=1S/C6H7N2O/c1-9-8-6-4-2-3-5-7-6/h2-5H,1H3. The zero-order valence-electron chi connectivity index (χ0n) is 5.11. The first-order chi connectivity index (χ1) is 4.43. The van der Waals surface area contributed by atoms with E-state index in [9.17, 15) is 0 Å². The Labute approximate surface area is 53.6 Å². The minimum atomic E-state index is 0.597. The number of aromatic nitrogens is 1. The number of pyridine rings is 1. The molecule has 0 saturated heterocycles. The van der Waals surface area contributed by atoms with Gasteiger partial charge in [0, 0.05) is 6.20 Å². The second-order valence-electron chi connectivity index (χ2n) is 1.46. The van der Waals surface area contributed by atoms with Crippen molar-refractivity contribution in [2.45, 2.75) is 0 Å². The van der Waals surface area contributed by atoms with Gasteiger partial charge in [-0.25, -0.2) is 4.98 Å². The molecule has 3 heteroatoms. The van der Waals surface area contributed by atoms with E-state index in [1.165, 1.54) is 7.11 Å². The van der Waals surface area contributed by atoms with Crippen LogP contribution in [0.5, 0.6) is 0 Å². The van der Waals surface area contributed by atoms with Gasteiger partial charge in [0.15, 0.2) is 5.82 Å². The monoisotopic (exact) mass is 123 g/mol. The quantitative estimate of drug-likeness (QED) is 0.547. The fourth-order valence-corrected chi connectivity index (χ4v) is 0.501. The maximum atomic E-state index is 4.49. The van der Waals surface area contributed by atoms with Crippen LogP contribution in [-0.4, -0.2) is 12.1 Å². The van der Waals surface area contributed by atoms with Crippen molar-refractivity contribution in [3.8, 4) is 0 Å². The van der Waals surface area contributed by atoms with Gasteiger partial charge in [-0.2, -0.15) is 0 Å². The summed E-state index contributed by atoms with van der Waals surface area (Å²) in [7, 11) is 1.49. The van der Waals surface area contributed by atoms with Crippen LogP contribution in [0.25, 0.3) is 0 Å². The van der Waals surface area contributed by atoms with Crippen molar-refractivity contribution in [1.82, 2.24) is 10.5 Å². The number of hydrogen-bond donors (Lipinski definition) is 0. The summed E-state index contributed by atoms with van der Waals surface area (Å²) in [5.41, 5.74) is 3.60. The molecule has 0 saturated carbocycles. The van der Waals surface area contributed by atoms with Crippen molar-refractivity contribution in [2.75, 3.05) is 7.11 Å². The van der Waals surface area contributed by atoms with Gasteiger partial charge < -0.3 is 0 Å². The van der Waals surface area contributed by atoms with Gasteiger partial charge in [0.1, 0.15) is 0 Å². The largest absolute Gasteiger partial charge is 0.254 e. The first kappa shape index (κ1) is 6.04. The highest BCUT2D eigenvalue weighted by Gasteiger charge is 1.87. The average Bonchev–Trinajstić information content (AvgIpc) is 1.91. The molecule has 0 N–H and O–H groups in total. The zero-order chi connectivity index (χ0) is 6.53. The normalized spacial score (nSPS) is 9.00. The van der Waals surface area contributed by atoms with E-state index in [-0.39, 0.29) is 0 Å². The van der Waals surface area contributed by atoms with E-state index < -0.39 is 0 Å². The molecule has 1 rings (SSSR count).